The summed E-state index contributed by atoms with van der Waals surface area (Å²) in [5.41, 5.74) is 0.501. The molecule has 1 atom stereocenters. The molecule has 0 aliphatic heterocycles. The van der Waals surface area contributed by atoms with Crippen LogP contribution in [0.4, 0.5) is 4.39 Å². The zero-order valence-electron chi connectivity index (χ0n) is 13.4. The number of carbonyl (C=O) groups is 1. The third kappa shape index (κ3) is 3.80. The number of esters is 1. The maximum absolute atomic E-state index is 13.5. The highest BCUT2D eigenvalue weighted by Crippen LogP contribution is 2.15. The zero-order valence-corrected chi connectivity index (χ0v) is 13.4. The summed E-state index contributed by atoms with van der Waals surface area (Å²) in [7, 11) is 0. The van der Waals surface area contributed by atoms with E-state index in [9.17, 15) is 14.0 Å². The van der Waals surface area contributed by atoms with Crippen molar-refractivity contribution < 1.29 is 13.9 Å². The number of carbonyl (C=O) groups excluding carboxylic acids is 1. The lowest BCUT2D eigenvalue weighted by Gasteiger charge is -2.11. The van der Waals surface area contributed by atoms with E-state index in [0.29, 0.717) is 10.9 Å². The van der Waals surface area contributed by atoms with E-state index in [0.717, 1.165) is 6.08 Å². The Labute approximate surface area is 142 Å². The van der Waals surface area contributed by atoms with Gasteiger partial charge in [0, 0.05) is 11.6 Å². The molecule has 3 aromatic rings. The Hall–Kier alpha value is -3.28. The Bertz CT molecular complexity index is 1010. The number of halogens is 1. The third-order valence-corrected chi connectivity index (χ3v) is 3.61. The first kappa shape index (κ1) is 16.6. The summed E-state index contributed by atoms with van der Waals surface area (Å²) in [5.74, 6) is -0.844. The van der Waals surface area contributed by atoms with Crippen molar-refractivity contribution in [3.8, 4) is 0 Å². The molecule has 1 aromatic heterocycles. The van der Waals surface area contributed by atoms with E-state index in [2.05, 4.69) is 9.97 Å². The van der Waals surface area contributed by atoms with E-state index in [1.807, 2.05) is 0 Å². The highest BCUT2D eigenvalue weighted by molar-refractivity contribution is 5.87. The van der Waals surface area contributed by atoms with Crippen LogP contribution in [0, 0.1) is 5.82 Å². The number of benzene rings is 2. The van der Waals surface area contributed by atoms with E-state index >= 15 is 0 Å². The molecule has 0 bridgehead atoms. The summed E-state index contributed by atoms with van der Waals surface area (Å²) in [6, 6.07) is 13.0. The smallest absolute Gasteiger partial charge is 0.331 e. The molecule has 25 heavy (non-hydrogen) atoms. The van der Waals surface area contributed by atoms with Crippen LogP contribution in [0.5, 0.6) is 0 Å². The molecule has 0 amide bonds. The molecule has 0 aliphatic carbocycles. The van der Waals surface area contributed by atoms with Crippen molar-refractivity contribution >= 4 is 22.9 Å². The summed E-state index contributed by atoms with van der Waals surface area (Å²) in [5, 5.41) is 0.462. The van der Waals surface area contributed by atoms with Crippen LogP contribution in [0.1, 0.15) is 24.4 Å². The van der Waals surface area contributed by atoms with Crippen molar-refractivity contribution in [1.29, 1.82) is 0 Å². The minimum absolute atomic E-state index is 0.247. The fourth-order valence-electron chi connectivity index (χ4n) is 2.33. The Morgan fingerprint density at radius 1 is 1.20 bits per heavy atom. The number of aromatic nitrogens is 2. The first-order chi connectivity index (χ1) is 12.0. The first-order valence-corrected chi connectivity index (χ1v) is 7.67. The van der Waals surface area contributed by atoms with Gasteiger partial charge < -0.3 is 9.72 Å². The van der Waals surface area contributed by atoms with Crippen LogP contribution >= 0.6 is 0 Å². The molecule has 3 rings (SSSR count). The zero-order chi connectivity index (χ0) is 17.8. The fourth-order valence-corrected chi connectivity index (χ4v) is 2.33. The van der Waals surface area contributed by atoms with E-state index in [1.165, 1.54) is 12.1 Å². The molecule has 1 N–H and O–H groups in total. The van der Waals surface area contributed by atoms with E-state index in [-0.39, 0.29) is 16.9 Å². The van der Waals surface area contributed by atoms with E-state index in [4.69, 9.17) is 4.74 Å². The molecule has 0 spiro atoms. The molecule has 0 saturated heterocycles. The van der Waals surface area contributed by atoms with Crippen LogP contribution in [-0.2, 0) is 9.53 Å². The van der Waals surface area contributed by atoms with Crippen molar-refractivity contribution in [3.63, 3.8) is 0 Å². The molecule has 0 fully saturated rings. The lowest BCUT2D eigenvalue weighted by atomic mass is 10.2. The summed E-state index contributed by atoms with van der Waals surface area (Å²) < 4.78 is 18.7. The second kappa shape index (κ2) is 7.09. The average Bonchev–Trinajstić information content (AvgIpc) is 2.61. The summed E-state index contributed by atoms with van der Waals surface area (Å²) in [6.07, 6.45) is 1.71. The predicted molar refractivity (Wildman–Crippen MR) is 92.3 cm³/mol. The number of ether oxygens (including phenoxy) is 1. The van der Waals surface area contributed by atoms with Crippen molar-refractivity contribution in [2.24, 2.45) is 0 Å². The van der Waals surface area contributed by atoms with Crippen molar-refractivity contribution in [2.75, 3.05) is 0 Å². The number of H-pyrrole nitrogens is 1. The lowest BCUT2D eigenvalue weighted by molar-refractivity contribution is -0.142. The fraction of sp³-hybridized carbons (Fsp3) is 0.105. The molecule has 6 heteroatoms. The highest BCUT2D eigenvalue weighted by atomic mass is 19.1. The maximum Gasteiger partial charge on any atom is 0.331 e. The normalized spacial score (nSPS) is 12.4. The lowest BCUT2D eigenvalue weighted by Crippen LogP contribution is -2.16. The largest absolute Gasteiger partial charge is 0.451 e. The van der Waals surface area contributed by atoms with E-state index < -0.39 is 17.9 Å². The highest BCUT2D eigenvalue weighted by Gasteiger charge is 2.14. The molecular weight excluding hydrogens is 323 g/mol. The van der Waals surface area contributed by atoms with Gasteiger partial charge >= 0.3 is 5.97 Å². The van der Waals surface area contributed by atoms with E-state index in [1.54, 1.807) is 49.4 Å². The van der Waals surface area contributed by atoms with Crippen molar-refractivity contribution in [2.45, 2.75) is 13.0 Å². The van der Waals surface area contributed by atoms with Gasteiger partial charge in [0.2, 0.25) is 0 Å². The molecule has 5 nitrogen and oxygen atoms in total. The summed E-state index contributed by atoms with van der Waals surface area (Å²) in [6.45, 7) is 1.60. The number of rotatable bonds is 4. The first-order valence-electron chi connectivity index (χ1n) is 7.67. The minimum Gasteiger partial charge on any atom is -0.451 e. The number of fused-ring (bicyclic) bond motifs is 1. The standard InChI is InChI=1S/C19H15FN2O3/c1-12(18-21-16-9-5-3-7-14(16)19(24)22-18)25-17(23)11-10-13-6-2-4-8-15(13)20/h2-12H,1H3,(H,21,22,24)/b11-10+/t12-/m1/s1. The van der Waals surface area contributed by atoms with Gasteiger partial charge in [0.1, 0.15) is 5.82 Å². The Morgan fingerprint density at radius 3 is 2.72 bits per heavy atom. The van der Waals surface area contributed by atoms with Crippen molar-refractivity contribution in [1.82, 2.24) is 9.97 Å². The van der Waals surface area contributed by atoms with Crippen LogP contribution in [-0.4, -0.2) is 15.9 Å². The van der Waals surface area contributed by atoms with Crippen LogP contribution < -0.4 is 5.56 Å². The number of aromatic amines is 1. The molecule has 0 saturated carbocycles. The number of para-hydroxylation sites is 1. The van der Waals surface area contributed by atoms with Gasteiger partial charge in [0.25, 0.3) is 5.56 Å². The minimum atomic E-state index is -0.755. The third-order valence-electron chi connectivity index (χ3n) is 3.61. The van der Waals surface area contributed by atoms with Gasteiger partial charge in [-0.1, -0.05) is 30.3 Å². The molecule has 0 radical (unpaired) electrons. The number of hydrogen-bond donors (Lipinski definition) is 1. The second-order valence-electron chi connectivity index (χ2n) is 5.40. The number of hydrogen-bond acceptors (Lipinski definition) is 4. The maximum atomic E-state index is 13.5. The molecule has 0 aliphatic rings. The van der Waals surface area contributed by atoms with Crippen LogP contribution in [0.15, 0.2) is 59.4 Å². The van der Waals surface area contributed by atoms with Crippen LogP contribution in [0.2, 0.25) is 0 Å². The predicted octanol–water partition coefficient (Wildman–Crippen LogP) is 3.38. The van der Waals surface area contributed by atoms with Gasteiger partial charge in [-0.25, -0.2) is 14.2 Å². The summed E-state index contributed by atoms with van der Waals surface area (Å²) >= 11 is 0. The van der Waals surface area contributed by atoms with Crippen molar-refractivity contribution in [3.05, 3.63) is 82.2 Å². The average molecular weight is 338 g/mol. The van der Waals surface area contributed by atoms with Gasteiger partial charge in [-0.3, -0.25) is 4.79 Å². The molecule has 126 valence electrons. The number of nitrogens with zero attached hydrogens (tertiary/aromatic N) is 1. The van der Waals surface area contributed by atoms with Gasteiger partial charge in [-0.15, -0.1) is 0 Å². The quantitative estimate of drug-likeness (QED) is 0.585. The Kier molecular flexibility index (Phi) is 4.70. The molecule has 2 aromatic carbocycles. The van der Waals surface area contributed by atoms with Gasteiger partial charge in [-0.05, 0) is 31.2 Å². The Balaban J connectivity index is 1.76. The van der Waals surface area contributed by atoms with Crippen LogP contribution in [0.3, 0.4) is 0 Å². The second-order valence-corrected chi connectivity index (χ2v) is 5.40. The number of nitrogens with one attached hydrogen (secondary N) is 1. The SMILES string of the molecule is C[C@@H](OC(=O)/C=C/c1ccccc1F)c1nc2ccccc2c(=O)[nH]1. The topological polar surface area (TPSA) is 72.0 Å². The van der Waals surface area contributed by atoms with Gasteiger partial charge in [0.15, 0.2) is 11.9 Å². The molecule has 1 heterocycles. The van der Waals surface area contributed by atoms with Crippen LogP contribution in [0.25, 0.3) is 17.0 Å². The summed E-state index contributed by atoms with van der Waals surface area (Å²) in [4.78, 5) is 30.9. The monoisotopic (exact) mass is 338 g/mol. The van der Waals surface area contributed by atoms with Gasteiger partial charge in [0.05, 0.1) is 10.9 Å². The molecular formula is C19H15FN2O3. The Morgan fingerprint density at radius 2 is 1.92 bits per heavy atom. The molecule has 0 unspecified atom stereocenters. The van der Waals surface area contributed by atoms with Gasteiger partial charge in [-0.2, -0.15) is 0 Å².